The van der Waals surface area contributed by atoms with Crippen LogP contribution in [0, 0.1) is 0 Å². The van der Waals surface area contributed by atoms with Gasteiger partial charge >= 0.3 is 6.09 Å². The molecule has 0 saturated carbocycles. The van der Waals surface area contributed by atoms with Crippen LogP contribution in [0.5, 0.6) is 5.88 Å². The fourth-order valence-electron chi connectivity index (χ4n) is 3.92. The molecule has 0 bridgehead atoms. The first-order valence-electron chi connectivity index (χ1n) is 10.8. The Morgan fingerprint density at radius 2 is 1.79 bits per heavy atom. The predicted molar refractivity (Wildman–Crippen MR) is 125 cm³/mol. The highest BCUT2D eigenvalue weighted by Gasteiger charge is 2.39. The number of cyclic esters (lactones) is 1. The number of hydrogen-bond acceptors (Lipinski definition) is 5. The van der Waals surface area contributed by atoms with Crippen LogP contribution in [0.4, 0.5) is 4.79 Å². The zero-order valence-corrected chi connectivity index (χ0v) is 19.2. The number of aromatic nitrogens is 1. The predicted octanol–water partition coefficient (Wildman–Crippen LogP) is 5.76. The largest absolute Gasteiger partial charge is 0.475 e. The number of hydrogen-bond donors (Lipinski definition) is 0. The lowest BCUT2D eigenvalue weighted by Crippen LogP contribution is -2.35. The van der Waals surface area contributed by atoms with E-state index in [1.807, 2.05) is 62.4 Å². The molecule has 0 aliphatic carbocycles. The molecule has 4 rings (SSSR count). The van der Waals surface area contributed by atoms with E-state index in [0.717, 1.165) is 16.7 Å². The number of nitrogens with zero attached hydrogens (tertiary/aromatic N) is 2. The van der Waals surface area contributed by atoms with Crippen LogP contribution in [0.3, 0.4) is 0 Å². The second-order valence-electron chi connectivity index (χ2n) is 8.17. The van der Waals surface area contributed by atoms with E-state index in [4.69, 9.17) is 21.1 Å². The number of imide groups is 1. The van der Waals surface area contributed by atoms with Crippen molar-refractivity contribution in [2.24, 2.45) is 0 Å². The van der Waals surface area contributed by atoms with Crippen LogP contribution in [-0.4, -0.2) is 34.6 Å². The van der Waals surface area contributed by atoms with Gasteiger partial charge in [0.15, 0.2) is 0 Å². The second-order valence-corrected chi connectivity index (χ2v) is 8.61. The summed E-state index contributed by atoms with van der Waals surface area (Å²) in [5.41, 5.74) is 2.60. The van der Waals surface area contributed by atoms with Crippen molar-refractivity contribution in [2.45, 2.75) is 38.3 Å². The first kappa shape index (κ1) is 22.8. The number of rotatable bonds is 7. The zero-order valence-electron chi connectivity index (χ0n) is 18.5. The van der Waals surface area contributed by atoms with Crippen molar-refractivity contribution < 1.29 is 19.1 Å². The van der Waals surface area contributed by atoms with Crippen molar-refractivity contribution in [1.82, 2.24) is 9.88 Å². The summed E-state index contributed by atoms with van der Waals surface area (Å²) in [7, 11) is 0. The monoisotopic (exact) mass is 464 g/mol. The normalized spacial score (nSPS) is 16.5. The van der Waals surface area contributed by atoms with E-state index >= 15 is 0 Å². The summed E-state index contributed by atoms with van der Waals surface area (Å²) >= 11 is 6.08. The molecule has 1 fully saturated rings. The Labute approximate surface area is 198 Å². The summed E-state index contributed by atoms with van der Waals surface area (Å²) in [5.74, 6) is -0.115. The van der Waals surface area contributed by atoms with Crippen LogP contribution in [0.2, 0.25) is 5.02 Å². The maximum atomic E-state index is 13.4. The number of ether oxygens (including phenoxy) is 2. The van der Waals surface area contributed by atoms with Gasteiger partial charge < -0.3 is 9.47 Å². The molecule has 1 aliphatic heterocycles. The van der Waals surface area contributed by atoms with E-state index in [1.54, 1.807) is 24.4 Å². The minimum atomic E-state index is -0.623. The van der Waals surface area contributed by atoms with Gasteiger partial charge in [0.05, 0.1) is 6.10 Å². The van der Waals surface area contributed by atoms with Crippen LogP contribution in [0.15, 0.2) is 72.9 Å². The third-order valence-electron chi connectivity index (χ3n) is 5.50. The van der Waals surface area contributed by atoms with Crippen LogP contribution in [-0.2, 0) is 9.53 Å². The molecule has 6 nitrogen and oxygen atoms in total. The average Bonchev–Trinajstić information content (AvgIpc) is 3.20. The van der Waals surface area contributed by atoms with Gasteiger partial charge in [0.2, 0.25) is 11.8 Å². The Kier molecular flexibility index (Phi) is 6.94. The van der Waals surface area contributed by atoms with Crippen LogP contribution >= 0.6 is 11.6 Å². The molecule has 2 aromatic carbocycles. The Morgan fingerprint density at radius 1 is 1.09 bits per heavy atom. The van der Waals surface area contributed by atoms with Crippen molar-refractivity contribution in [2.75, 3.05) is 6.61 Å². The van der Waals surface area contributed by atoms with Gasteiger partial charge in [-0.25, -0.2) is 14.7 Å². The van der Waals surface area contributed by atoms with Crippen molar-refractivity contribution in [3.05, 3.63) is 94.6 Å². The third-order valence-corrected chi connectivity index (χ3v) is 5.75. The molecule has 2 amide bonds. The molecular weight excluding hydrogens is 440 g/mol. The highest BCUT2D eigenvalue weighted by atomic mass is 35.5. The molecule has 1 aromatic heterocycles. The number of carbonyl (C=O) groups is 2. The molecule has 33 heavy (non-hydrogen) atoms. The maximum absolute atomic E-state index is 13.4. The molecule has 1 saturated heterocycles. The summed E-state index contributed by atoms with van der Waals surface area (Å²) in [5, 5.41) is 0.606. The van der Waals surface area contributed by atoms with E-state index in [-0.39, 0.29) is 31.0 Å². The van der Waals surface area contributed by atoms with E-state index in [2.05, 4.69) is 4.98 Å². The Hall–Kier alpha value is -3.38. The van der Waals surface area contributed by atoms with Gasteiger partial charge in [-0.2, -0.15) is 0 Å². The van der Waals surface area contributed by atoms with Gasteiger partial charge in [-0.3, -0.25) is 4.79 Å². The molecular formula is C26H25ClN2O4. The Bertz CT molecular complexity index is 1100. The number of carbonyl (C=O) groups excluding carboxylic acids is 2. The average molecular weight is 465 g/mol. The topological polar surface area (TPSA) is 68.7 Å². The van der Waals surface area contributed by atoms with Gasteiger partial charge in [0.25, 0.3) is 0 Å². The number of halogens is 1. The van der Waals surface area contributed by atoms with Crippen LogP contribution < -0.4 is 4.74 Å². The fraction of sp³-hybridized carbons (Fsp3) is 0.269. The maximum Gasteiger partial charge on any atom is 0.417 e. The molecule has 2 atom stereocenters. The van der Waals surface area contributed by atoms with Crippen LogP contribution in [0.25, 0.3) is 0 Å². The lowest BCUT2D eigenvalue weighted by atomic mass is 9.89. The highest BCUT2D eigenvalue weighted by Crippen LogP contribution is 2.34. The molecule has 0 radical (unpaired) electrons. The van der Waals surface area contributed by atoms with Gasteiger partial charge in [0, 0.05) is 29.6 Å². The SMILES string of the molecule is CC(C)Oc1ccc(C(CC(=O)N2C(=O)OC[C@H]2c2ccccc2)c2ccc(Cl)cc2)cn1. The van der Waals surface area contributed by atoms with Gasteiger partial charge in [-0.15, -0.1) is 0 Å². The lowest BCUT2D eigenvalue weighted by Gasteiger charge is -2.24. The van der Waals surface area contributed by atoms with E-state index in [1.165, 1.54) is 4.90 Å². The van der Waals surface area contributed by atoms with Crippen LogP contribution in [0.1, 0.15) is 48.9 Å². The molecule has 0 N–H and O–H groups in total. The minimum Gasteiger partial charge on any atom is -0.475 e. The number of amides is 2. The molecule has 3 aromatic rings. The molecule has 1 unspecified atom stereocenters. The first-order chi connectivity index (χ1) is 15.9. The summed E-state index contributed by atoms with van der Waals surface area (Å²) in [4.78, 5) is 31.5. The second kappa shape index (κ2) is 10.0. The van der Waals surface area contributed by atoms with Crippen molar-refractivity contribution >= 4 is 23.6 Å². The quantitative estimate of drug-likeness (QED) is 0.444. The standard InChI is InChI=1S/C26H25ClN2O4/c1-17(2)33-24-13-10-20(15-28-24)22(18-8-11-21(27)12-9-18)14-25(30)29-23(16-32-26(29)31)19-6-4-3-5-7-19/h3-13,15,17,22-23H,14,16H2,1-2H3/t22?,23-/m0/s1. The lowest BCUT2D eigenvalue weighted by molar-refractivity contribution is -0.129. The summed E-state index contributed by atoms with van der Waals surface area (Å²) in [6, 6.07) is 20.0. The Balaban J connectivity index is 1.62. The van der Waals surface area contributed by atoms with E-state index in [0.29, 0.717) is 10.9 Å². The number of pyridine rings is 1. The van der Waals surface area contributed by atoms with Crippen molar-refractivity contribution in [3.8, 4) is 5.88 Å². The summed E-state index contributed by atoms with van der Waals surface area (Å²) in [6.07, 6.45) is 1.17. The highest BCUT2D eigenvalue weighted by molar-refractivity contribution is 6.30. The fourth-order valence-corrected chi connectivity index (χ4v) is 4.05. The molecule has 0 spiro atoms. The smallest absolute Gasteiger partial charge is 0.417 e. The van der Waals surface area contributed by atoms with Gasteiger partial charge in [0.1, 0.15) is 12.6 Å². The zero-order chi connectivity index (χ0) is 23.4. The third kappa shape index (κ3) is 5.34. The van der Waals surface area contributed by atoms with Crippen molar-refractivity contribution in [3.63, 3.8) is 0 Å². The summed E-state index contributed by atoms with van der Waals surface area (Å²) in [6.45, 7) is 4.01. The summed E-state index contributed by atoms with van der Waals surface area (Å²) < 4.78 is 10.9. The Morgan fingerprint density at radius 3 is 2.42 bits per heavy atom. The van der Waals surface area contributed by atoms with Gasteiger partial charge in [-0.1, -0.05) is 60.1 Å². The van der Waals surface area contributed by atoms with E-state index in [9.17, 15) is 9.59 Å². The number of benzene rings is 2. The molecule has 1 aliphatic rings. The molecule has 2 heterocycles. The molecule has 7 heteroatoms. The molecule has 170 valence electrons. The minimum absolute atomic E-state index is 0.00749. The van der Waals surface area contributed by atoms with Gasteiger partial charge in [-0.05, 0) is 42.7 Å². The van der Waals surface area contributed by atoms with Crippen molar-refractivity contribution in [1.29, 1.82) is 0 Å². The van der Waals surface area contributed by atoms with E-state index < -0.39 is 12.1 Å². The first-order valence-corrected chi connectivity index (χ1v) is 11.2.